The van der Waals surface area contributed by atoms with Gasteiger partial charge in [0.15, 0.2) is 5.65 Å². The fraction of sp³-hybridized carbons (Fsp3) is 0.190. The van der Waals surface area contributed by atoms with Crippen molar-refractivity contribution in [3.05, 3.63) is 58.9 Å². The lowest BCUT2D eigenvalue weighted by Gasteiger charge is -2.09. The van der Waals surface area contributed by atoms with Gasteiger partial charge in [-0.1, -0.05) is 37.1 Å². The van der Waals surface area contributed by atoms with E-state index in [-0.39, 0.29) is 23.0 Å². The van der Waals surface area contributed by atoms with Crippen molar-refractivity contribution in [2.24, 2.45) is 0 Å². The molecule has 2 aromatic carbocycles. The topological polar surface area (TPSA) is 83.0 Å². The monoisotopic (exact) mass is 412 g/mol. The number of nitrogens with zero attached hydrogens (tertiary/aromatic N) is 3. The maximum Gasteiger partial charge on any atom is 0.344 e. The quantitative estimate of drug-likeness (QED) is 0.372. The van der Waals surface area contributed by atoms with E-state index in [1.54, 1.807) is 6.07 Å². The summed E-state index contributed by atoms with van der Waals surface area (Å²) in [4.78, 5) is 22.0. The molecule has 2 N–H and O–H groups in total. The van der Waals surface area contributed by atoms with Gasteiger partial charge in [0.2, 0.25) is 0 Å². The zero-order chi connectivity index (χ0) is 20.5. The lowest BCUT2D eigenvalue weighted by molar-refractivity contribution is 0.0503. The molecule has 0 saturated carbocycles. The number of halogens is 2. The van der Waals surface area contributed by atoms with Crippen molar-refractivity contribution in [1.82, 2.24) is 14.5 Å². The minimum atomic E-state index is -0.572. The summed E-state index contributed by atoms with van der Waals surface area (Å²) < 4.78 is 20.6. The summed E-state index contributed by atoms with van der Waals surface area (Å²) in [6, 6.07) is 11.5. The van der Waals surface area contributed by atoms with Gasteiger partial charge in [0, 0.05) is 0 Å². The van der Waals surface area contributed by atoms with Crippen LogP contribution in [0.1, 0.15) is 30.1 Å². The van der Waals surface area contributed by atoms with E-state index in [2.05, 4.69) is 9.97 Å². The molecular weight excluding hydrogens is 395 g/mol. The van der Waals surface area contributed by atoms with Gasteiger partial charge < -0.3 is 10.5 Å². The number of rotatable bonds is 5. The number of hydrogen-bond donors (Lipinski definition) is 1. The summed E-state index contributed by atoms with van der Waals surface area (Å²) in [5, 5.41) is -0.0652. The molecule has 0 saturated heterocycles. The molecule has 148 valence electrons. The number of carbonyl (C=O) groups is 1. The van der Waals surface area contributed by atoms with Crippen LogP contribution in [-0.4, -0.2) is 27.1 Å². The number of unbranched alkanes of at least 4 members (excludes halogenated alkanes) is 1. The lowest BCUT2D eigenvalue weighted by atomic mass is 10.2. The molecule has 0 aliphatic carbocycles. The number of carbonyl (C=O) groups excluding carboxylic acids is 1. The van der Waals surface area contributed by atoms with E-state index in [1.165, 1.54) is 22.8 Å². The second-order valence-electron chi connectivity index (χ2n) is 6.57. The molecule has 0 amide bonds. The Labute approximate surface area is 171 Å². The lowest BCUT2D eigenvalue weighted by Crippen LogP contribution is -2.10. The summed E-state index contributed by atoms with van der Waals surface area (Å²) >= 11 is 5.96. The van der Waals surface area contributed by atoms with Crippen molar-refractivity contribution >= 4 is 45.6 Å². The highest BCUT2D eigenvalue weighted by atomic mass is 35.5. The number of aromatic nitrogens is 3. The average Bonchev–Trinajstić information content (AvgIpc) is 2.99. The minimum Gasteiger partial charge on any atom is -0.462 e. The maximum absolute atomic E-state index is 13.7. The molecule has 4 rings (SSSR count). The normalized spacial score (nSPS) is 11.3. The Hall–Kier alpha value is -3.19. The van der Waals surface area contributed by atoms with Gasteiger partial charge in [-0.3, -0.25) is 4.57 Å². The number of fused-ring (bicyclic) bond motifs is 2. The Balaban J connectivity index is 1.98. The molecule has 0 unspecified atom stereocenters. The zero-order valence-corrected chi connectivity index (χ0v) is 16.4. The summed E-state index contributed by atoms with van der Waals surface area (Å²) in [5.74, 6) is -1.02. The van der Waals surface area contributed by atoms with Crippen molar-refractivity contribution in [3.63, 3.8) is 0 Å². The largest absolute Gasteiger partial charge is 0.462 e. The summed E-state index contributed by atoms with van der Waals surface area (Å²) in [6.07, 6.45) is 1.63. The first kappa shape index (κ1) is 19.1. The van der Waals surface area contributed by atoms with Gasteiger partial charge in [-0.05, 0) is 36.8 Å². The zero-order valence-electron chi connectivity index (χ0n) is 15.7. The van der Waals surface area contributed by atoms with E-state index in [9.17, 15) is 9.18 Å². The molecule has 0 bridgehead atoms. The molecule has 2 heterocycles. The van der Waals surface area contributed by atoms with Crippen LogP contribution in [0.25, 0.3) is 27.9 Å². The van der Waals surface area contributed by atoms with Crippen LogP contribution in [0.4, 0.5) is 10.2 Å². The number of ether oxygens (including phenoxy) is 1. The molecular formula is C21H18ClFN4O2. The van der Waals surface area contributed by atoms with E-state index in [1.807, 2.05) is 25.1 Å². The van der Waals surface area contributed by atoms with Crippen molar-refractivity contribution in [3.8, 4) is 5.69 Å². The van der Waals surface area contributed by atoms with Gasteiger partial charge >= 0.3 is 5.97 Å². The third kappa shape index (κ3) is 3.38. The molecule has 0 aliphatic heterocycles. The van der Waals surface area contributed by atoms with Gasteiger partial charge in [-0.2, -0.15) is 0 Å². The number of hydrogen-bond acceptors (Lipinski definition) is 5. The molecule has 0 radical (unpaired) electrons. The van der Waals surface area contributed by atoms with Gasteiger partial charge in [0.1, 0.15) is 22.7 Å². The molecule has 0 fully saturated rings. The van der Waals surface area contributed by atoms with Crippen LogP contribution in [0.3, 0.4) is 0 Å². The standard InChI is InChI=1S/C21H18ClFN4O2/c1-2-3-10-29-21(28)17-18-20(26-16-7-5-4-6-15(16)25-18)27(19(17)24)12-8-9-14(23)13(22)11-12/h4-9,11H,2-3,10,24H2,1H3. The molecule has 6 nitrogen and oxygen atoms in total. The average molecular weight is 413 g/mol. The number of benzene rings is 2. The van der Waals surface area contributed by atoms with E-state index in [0.29, 0.717) is 27.9 Å². The highest BCUT2D eigenvalue weighted by molar-refractivity contribution is 6.31. The van der Waals surface area contributed by atoms with Gasteiger partial charge in [0.25, 0.3) is 0 Å². The molecule has 0 aliphatic rings. The number of nitrogen functional groups attached to an aromatic ring is 1. The molecule has 29 heavy (non-hydrogen) atoms. The molecule has 0 spiro atoms. The van der Waals surface area contributed by atoms with Crippen LogP contribution in [0.15, 0.2) is 42.5 Å². The van der Waals surface area contributed by atoms with Gasteiger partial charge in [-0.25, -0.2) is 19.2 Å². The second kappa shape index (κ2) is 7.67. The van der Waals surface area contributed by atoms with Crippen LogP contribution < -0.4 is 5.73 Å². The van der Waals surface area contributed by atoms with Crippen LogP contribution >= 0.6 is 11.6 Å². The highest BCUT2D eigenvalue weighted by Crippen LogP contribution is 2.32. The SMILES string of the molecule is CCCCOC(=O)c1c(N)n(-c2ccc(F)c(Cl)c2)c2nc3ccccc3nc12. The van der Waals surface area contributed by atoms with E-state index >= 15 is 0 Å². The first-order chi connectivity index (χ1) is 14.0. The van der Waals surface area contributed by atoms with Crippen LogP contribution in [-0.2, 0) is 4.74 Å². The first-order valence-electron chi connectivity index (χ1n) is 9.20. The van der Waals surface area contributed by atoms with E-state index in [0.717, 1.165) is 12.8 Å². The van der Waals surface area contributed by atoms with E-state index < -0.39 is 11.8 Å². The van der Waals surface area contributed by atoms with Crippen molar-refractivity contribution < 1.29 is 13.9 Å². The van der Waals surface area contributed by atoms with Crippen LogP contribution in [0, 0.1) is 5.82 Å². The number of anilines is 1. The predicted octanol–water partition coefficient (Wildman–Crippen LogP) is 4.91. The summed E-state index contributed by atoms with van der Waals surface area (Å²) in [6.45, 7) is 2.29. The van der Waals surface area contributed by atoms with Crippen LogP contribution in [0.5, 0.6) is 0 Å². The first-order valence-corrected chi connectivity index (χ1v) is 9.58. The molecule has 2 aromatic heterocycles. The Kier molecular flexibility index (Phi) is 5.07. The predicted molar refractivity (Wildman–Crippen MR) is 111 cm³/mol. The van der Waals surface area contributed by atoms with Crippen molar-refractivity contribution in [2.45, 2.75) is 19.8 Å². The summed E-state index contributed by atoms with van der Waals surface area (Å²) in [7, 11) is 0. The molecule has 4 aromatic rings. The Morgan fingerprint density at radius 3 is 2.62 bits per heavy atom. The Morgan fingerprint density at radius 2 is 1.93 bits per heavy atom. The highest BCUT2D eigenvalue weighted by Gasteiger charge is 2.26. The van der Waals surface area contributed by atoms with Crippen LogP contribution in [0.2, 0.25) is 5.02 Å². The molecule has 0 atom stereocenters. The number of para-hydroxylation sites is 2. The van der Waals surface area contributed by atoms with Crippen molar-refractivity contribution in [1.29, 1.82) is 0 Å². The minimum absolute atomic E-state index is 0.0652. The Bertz CT molecular complexity index is 1240. The fourth-order valence-corrected chi connectivity index (χ4v) is 3.30. The number of nitrogens with two attached hydrogens (primary N) is 1. The third-order valence-electron chi connectivity index (χ3n) is 4.59. The van der Waals surface area contributed by atoms with E-state index in [4.69, 9.17) is 22.1 Å². The smallest absolute Gasteiger partial charge is 0.344 e. The second-order valence-corrected chi connectivity index (χ2v) is 6.98. The number of esters is 1. The van der Waals surface area contributed by atoms with Gasteiger partial charge in [0.05, 0.1) is 28.4 Å². The fourth-order valence-electron chi connectivity index (χ4n) is 3.13. The maximum atomic E-state index is 13.7. The molecule has 8 heteroatoms. The van der Waals surface area contributed by atoms with Gasteiger partial charge in [-0.15, -0.1) is 0 Å². The summed E-state index contributed by atoms with van der Waals surface area (Å²) in [5.41, 5.74) is 8.90. The third-order valence-corrected chi connectivity index (χ3v) is 4.88. The van der Waals surface area contributed by atoms with Crippen molar-refractivity contribution in [2.75, 3.05) is 12.3 Å². The Morgan fingerprint density at radius 1 is 1.21 bits per heavy atom.